The van der Waals surface area contributed by atoms with Crippen LogP contribution in [0.3, 0.4) is 0 Å². The van der Waals surface area contributed by atoms with Gasteiger partial charge in [-0.1, -0.05) is 34.3 Å². The number of aromatic nitrogens is 3. The lowest BCUT2D eigenvalue weighted by Gasteiger charge is -2.49. The Morgan fingerprint density at radius 2 is 2.21 bits per heavy atom. The van der Waals surface area contributed by atoms with E-state index in [0.29, 0.717) is 26.4 Å². The molecule has 2 aromatic rings. The fourth-order valence-electron chi connectivity index (χ4n) is 3.95. The highest BCUT2D eigenvalue weighted by molar-refractivity contribution is 8.01. The van der Waals surface area contributed by atoms with E-state index in [1.54, 1.807) is 5.38 Å². The van der Waals surface area contributed by atoms with Crippen LogP contribution in [0.1, 0.15) is 23.5 Å². The Kier molecular flexibility index (Phi) is 7.98. The molecule has 38 heavy (non-hydrogen) atoms. The van der Waals surface area contributed by atoms with Gasteiger partial charge in [0, 0.05) is 23.4 Å². The number of nitrogens with two attached hydrogens (primary N) is 2. The molecule has 200 valence electrons. The van der Waals surface area contributed by atoms with Crippen molar-refractivity contribution in [2.24, 2.45) is 10.9 Å². The average Bonchev–Trinajstić information content (AvgIpc) is 3.68. The van der Waals surface area contributed by atoms with Crippen molar-refractivity contribution >= 4 is 74.8 Å². The summed E-state index contributed by atoms with van der Waals surface area (Å²) in [6, 6.07) is -0.932. The molecule has 6 N–H and O–H groups in total. The largest absolute Gasteiger partial charge is 0.477 e. The summed E-state index contributed by atoms with van der Waals surface area (Å²) in [6.45, 7) is 0.278. The van der Waals surface area contributed by atoms with Crippen molar-refractivity contribution in [3.8, 4) is 0 Å². The quantitative estimate of drug-likeness (QED) is 0.100. The molecule has 17 heteroatoms. The van der Waals surface area contributed by atoms with Crippen molar-refractivity contribution in [1.82, 2.24) is 25.4 Å². The fourth-order valence-corrected chi connectivity index (χ4v) is 7.75. The highest BCUT2D eigenvalue weighted by atomic mass is 32.2. The number of aliphatic carboxylic acids is 1. The first-order valence-corrected chi connectivity index (χ1v) is 15.1. The van der Waals surface area contributed by atoms with Crippen LogP contribution in [0.25, 0.3) is 0 Å². The molecule has 4 heterocycles. The molecule has 0 bridgehead atoms. The number of β-lactam (4-membered cyclic amide) rings is 1. The van der Waals surface area contributed by atoms with E-state index >= 15 is 0 Å². The number of hydrogen-bond acceptors (Lipinski definition) is 14. The minimum atomic E-state index is -1.21. The summed E-state index contributed by atoms with van der Waals surface area (Å²) in [5.74, 6) is -1.68. The summed E-state index contributed by atoms with van der Waals surface area (Å²) >= 11 is 5.20. The number of carboxylic acids is 1. The molecule has 5 rings (SSSR count). The van der Waals surface area contributed by atoms with Gasteiger partial charge in [0.25, 0.3) is 11.8 Å². The summed E-state index contributed by atoms with van der Waals surface area (Å²) in [4.78, 5) is 49.3. The average molecular weight is 595 g/mol. The molecule has 1 fully saturated rings. The maximum Gasteiger partial charge on any atom is 0.352 e. The molecule has 0 radical (unpaired) electrons. The molecular weight excluding hydrogens is 573 g/mol. The third kappa shape index (κ3) is 5.42. The van der Waals surface area contributed by atoms with E-state index in [2.05, 4.69) is 25.7 Å². The Balaban J connectivity index is 1.29. The van der Waals surface area contributed by atoms with E-state index in [4.69, 9.17) is 16.3 Å². The van der Waals surface area contributed by atoms with Crippen molar-refractivity contribution in [2.75, 3.05) is 17.2 Å². The minimum absolute atomic E-state index is 0.0715. The number of anilines is 1. The lowest BCUT2D eigenvalue weighted by molar-refractivity contribution is -0.150. The molecule has 2 aliphatic heterocycles. The van der Waals surface area contributed by atoms with Crippen molar-refractivity contribution in [2.45, 2.75) is 41.2 Å². The van der Waals surface area contributed by atoms with Crippen LogP contribution < -0.4 is 16.8 Å². The summed E-state index contributed by atoms with van der Waals surface area (Å²) in [6.07, 6.45) is 5.16. The predicted octanol–water partition coefficient (Wildman–Crippen LogP) is 1.01. The van der Waals surface area contributed by atoms with Crippen LogP contribution in [0.15, 0.2) is 38.3 Å². The van der Waals surface area contributed by atoms with E-state index < -0.39 is 29.2 Å². The number of nitrogens with zero attached hydrogens (tertiary/aromatic N) is 5. The van der Waals surface area contributed by atoms with Crippen LogP contribution in [0, 0.1) is 0 Å². The third-order valence-electron chi connectivity index (χ3n) is 5.76. The summed E-state index contributed by atoms with van der Waals surface area (Å²) in [5.41, 5.74) is 12.0. The highest BCUT2D eigenvalue weighted by Crippen LogP contribution is 2.41. The molecule has 0 saturated carbocycles. The molecular formula is C21H22N8O5S4. The standard InChI is InChI=1S/C21H22N8O5S4/c22-5-12-26-27-21(38-12)37-7-9-6-35-18-14(17(31)29(18)15(9)19(32)33)25-16(30)13(11-8-36-20(23)24-11)28-34-10-3-1-2-4-10/h1,3,8,10,14,18H,2,4-7,22H2,(H2,23,24)(H,25,30)(H,32,33)/t10?,14?,18-/m0/s1. The van der Waals surface area contributed by atoms with E-state index in [1.165, 1.54) is 39.8 Å². The first-order chi connectivity index (χ1) is 18.4. The Morgan fingerprint density at radius 1 is 1.37 bits per heavy atom. The number of amides is 2. The van der Waals surface area contributed by atoms with Gasteiger partial charge in [-0.15, -0.1) is 33.3 Å². The van der Waals surface area contributed by atoms with Crippen LogP contribution in [0.4, 0.5) is 5.13 Å². The SMILES string of the molecule is NCc1nnc(SCC2=C(C(=O)O)N3C(=O)C(NC(=O)C(=NOC4C=CCC4)c4csc(N)n4)[C@@H]3SC2)s1. The number of nitrogen functional groups attached to an aromatic ring is 1. The van der Waals surface area contributed by atoms with E-state index in [1.807, 2.05) is 12.2 Å². The van der Waals surface area contributed by atoms with Crippen LogP contribution in [-0.4, -0.2) is 77.7 Å². The van der Waals surface area contributed by atoms with E-state index in [9.17, 15) is 19.5 Å². The van der Waals surface area contributed by atoms with Gasteiger partial charge in [0.05, 0.1) is 0 Å². The molecule has 0 spiro atoms. The Bertz CT molecular complexity index is 1350. The molecule has 2 amide bonds. The van der Waals surface area contributed by atoms with E-state index in [0.717, 1.165) is 24.2 Å². The number of thioether (sulfide) groups is 2. The van der Waals surface area contributed by atoms with Gasteiger partial charge in [-0.2, -0.15) is 0 Å². The van der Waals surface area contributed by atoms with Gasteiger partial charge in [0.2, 0.25) is 0 Å². The number of hydrogen-bond donors (Lipinski definition) is 4. The Hall–Kier alpha value is -2.99. The minimum Gasteiger partial charge on any atom is -0.477 e. The van der Waals surface area contributed by atoms with Gasteiger partial charge >= 0.3 is 5.97 Å². The van der Waals surface area contributed by atoms with Crippen LogP contribution in [0.5, 0.6) is 0 Å². The molecule has 1 saturated heterocycles. The topological polar surface area (TPSA) is 199 Å². The fraction of sp³-hybridized carbons (Fsp3) is 0.381. The lowest BCUT2D eigenvalue weighted by Crippen LogP contribution is -2.71. The number of rotatable bonds is 10. The maximum absolute atomic E-state index is 13.2. The smallest absolute Gasteiger partial charge is 0.352 e. The van der Waals surface area contributed by atoms with Gasteiger partial charge in [0.15, 0.2) is 15.2 Å². The number of oxime groups is 1. The van der Waals surface area contributed by atoms with Gasteiger partial charge in [0.1, 0.15) is 33.9 Å². The summed E-state index contributed by atoms with van der Waals surface area (Å²) < 4.78 is 0.666. The van der Waals surface area contributed by atoms with Gasteiger partial charge in [-0.3, -0.25) is 14.5 Å². The predicted molar refractivity (Wildman–Crippen MR) is 145 cm³/mol. The molecule has 1 aliphatic carbocycles. The van der Waals surface area contributed by atoms with Gasteiger partial charge < -0.3 is 26.7 Å². The lowest BCUT2D eigenvalue weighted by atomic mass is 10.0. The second-order valence-corrected chi connectivity index (χ2v) is 12.5. The number of allylic oxidation sites excluding steroid dienone is 1. The van der Waals surface area contributed by atoms with Gasteiger partial charge in [-0.05, 0) is 24.5 Å². The number of nitrogens with one attached hydrogen (secondary N) is 1. The normalized spacial score (nSPS) is 22.9. The number of thiazole rings is 1. The Labute approximate surface area is 232 Å². The number of carboxylic acid groups (broad SMARTS) is 1. The number of carbonyl (C=O) groups is 3. The number of carbonyl (C=O) groups excluding carboxylic acids is 2. The molecule has 3 aliphatic rings. The van der Waals surface area contributed by atoms with Crippen LogP contribution >= 0.6 is 46.2 Å². The zero-order valence-corrected chi connectivity index (χ0v) is 22.9. The molecule has 13 nitrogen and oxygen atoms in total. The summed E-state index contributed by atoms with van der Waals surface area (Å²) in [5, 5.41) is 26.6. The van der Waals surface area contributed by atoms with Crippen molar-refractivity contribution in [3.63, 3.8) is 0 Å². The zero-order chi connectivity index (χ0) is 26.8. The van der Waals surface area contributed by atoms with Crippen molar-refractivity contribution < 1.29 is 24.3 Å². The second kappa shape index (κ2) is 11.4. The highest BCUT2D eigenvalue weighted by Gasteiger charge is 2.54. The monoisotopic (exact) mass is 594 g/mol. The molecule has 2 aromatic heterocycles. The second-order valence-electron chi connectivity index (χ2n) is 8.23. The zero-order valence-electron chi connectivity index (χ0n) is 19.6. The van der Waals surface area contributed by atoms with Crippen molar-refractivity contribution in [1.29, 1.82) is 0 Å². The van der Waals surface area contributed by atoms with Crippen LogP contribution in [0.2, 0.25) is 0 Å². The first kappa shape index (κ1) is 26.6. The summed E-state index contributed by atoms with van der Waals surface area (Å²) in [7, 11) is 0. The molecule has 0 aromatic carbocycles. The maximum atomic E-state index is 13.2. The van der Waals surface area contributed by atoms with E-state index in [-0.39, 0.29) is 34.9 Å². The third-order valence-corrected chi connectivity index (χ3v) is 9.94. The Morgan fingerprint density at radius 3 is 2.87 bits per heavy atom. The van der Waals surface area contributed by atoms with Crippen LogP contribution in [-0.2, 0) is 25.8 Å². The van der Waals surface area contributed by atoms with Gasteiger partial charge in [-0.25, -0.2) is 9.78 Å². The molecule has 2 unspecified atom stereocenters. The molecule has 3 atom stereocenters. The first-order valence-electron chi connectivity index (χ1n) is 11.3. The van der Waals surface area contributed by atoms with Crippen molar-refractivity contribution in [3.05, 3.63) is 39.5 Å². The number of fused-ring (bicyclic) bond motifs is 1.